The van der Waals surface area contributed by atoms with Gasteiger partial charge in [-0.25, -0.2) is 0 Å². The molecule has 13 nitrogen and oxygen atoms in total. The number of hydrogen-bond donors (Lipinski definition) is 5. The molecule has 2 fully saturated rings. The predicted molar refractivity (Wildman–Crippen MR) is 257 cm³/mol. The fraction of sp³-hybridized carbons (Fsp3) is 0.471. The number of carbonyl (C=O) groups is 4. The maximum absolute atomic E-state index is 13.4. The number of hydrogen-bond acceptors (Lipinski definition) is 10. The Hall–Kier alpha value is -5.46. The van der Waals surface area contributed by atoms with Crippen LogP contribution in [0.25, 0.3) is 10.4 Å². The van der Waals surface area contributed by atoms with Gasteiger partial charge in [-0.15, -0.1) is 11.3 Å². The normalized spacial score (nSPS) is 20.3. The van der Waals surface area contributed by atoms with Crippen molar-refractivity contribution < 1.29 is 33.8 Å². The van der Waals surface area contributed by atoms with Gasteiger partial charge in [-0.05, 0) is 89.7 Å². The smallest absolute Gasteiger partial charge is 0.251 e. The molecular formula is C51H63ClN6O7S. The van der Waals surface area contributed by atoms with E-state index in [1.807, 2.05) is 65.5 Å². The van der Waals surface area contributed by atoms with Gasteiger partial charge in [0.2, 0.25) is 17.7 Å². The second kappa shape index (κ2) is 21.0. The Labute approximate surface area is 397 Å². The average Bonchev–Trinajstić information content (AvgIpc) is 3.88. The van der Waals surface area contributed by atoms with Crippen molar-refractivity contribution in [3.8, 4) is 28.0 Å². The third-order valence-corrected chi connectivity index (χ3v) is 14.2. The Morgan fingerprint density at radius 3 is 2.26 bits per heavy atom. The summed E-state index contributed by atoms with van der Waals surface area (Å²) in [5.41, 5.74) is 3.00. The van der Waals surface area contributed by atoms with Crippen LogP contribution in [0, 0.1) is 34.5 Å². The number of aryl methyl sites for hydroxylation is 1. The fourth-order valence-corrected chi connectivity index (χ4v) is 10.5. The maximum atomic E-state index is 13.4. The lowest BCUT2D eigenvalue weighted by molar-refractivity contribution is -0.164. The van der Waals surface area contributed by atoms with Crippen LogP contribution in [0.4, 0.5) is 0 Å². The lowest BCUT2D eigenvalue weighted by atomic mass is 9.49. The molecule has 1 saturated heterocycles. The molecule has 3 atom stereocenters. The first-order valence-electron chi connectivity index (χ1n) is 22.5. The number of carbonyl (C=O) groups excluding carboxylic acids is 4. The molecule has 0 radical (unpaired) electrons. The monoisotopic (exact) mass is 938 g/mol. The van der Waals surface area contributed by atoms with Crippen LogP contribution in [-0.2, 0) is 20.9 Å². The third-order valence-electron chi connectivity index (χ3n) is 12.8. The van der Waals surface area contributed by atoms with Crippen molar-refractivity contribution in [3.63, 3.8) is 0 Å². The highest BCUT2D eigenvalue weighted by Crippen LogP contribution is 2.55. The quantitative estimate of drug-likeness (QED) is 0.0635. The van der Waals surface area contributed by atoms with Crippen LogP contribution >= 0.6 is 22.9 Å². The summed E-state index contributed by atoms with van der Waals surface area (Å²) in [6.45, 7) is 17.4. The minimum Gasteiger partial charge on any atom is -0.494 e. The zero-order valence-electron chi connectivity index (χ0n) is 39.1. The van der Waals surface area contributed by atoms with Crippen molar-refractivity contribution in [1.29, 1.82) is 5.26 Å². The first kappa shape index (κ1) is 50.0. The molecule has 0 bridgehead atoms. The summed E-state index contributed by atoms with van der Waals surface area (Å²) in [5.74, 6) is 0.0801. The molecule has 1 aliphatic heterocycles. The minimum absolute atomic E-state index is 0.146. The molecule has 5 N–H and O–H groups in total. The summed E-state index contributed by atoms with van der Waals surface area (Å²) in [6, 6.07) is 23.0. The van der Waals surface area contributed by atoms with Gasteiger partial charge in [0.15, 0.2) is 0 Å². The molecule has 15 heteroatoms. The second-order valence-electron chi connectivity index (χ2n) is 19.7. The summed E-state index contributed by atoms with van der Waals surface area (Å²) >= 11 is 7.93. The van der Waals surface area contributed by atoms with E-state index in [0.717, 1.165) is 11.1 Å². The Bertz CT molecular complexity index is 2390. The van der Waals surface area contributed by atoms with Crippen LogP contribution in [-0.4, -0.2) is 90.2 Å². The summed E-state index contributed by atoms with van der Waals surface area (Å²) in [5, 5.41) is 34.2. The van der Waals surface area contributed by atoms with Crippen LogP contribution in [0.5, 0.6) is 11.5 Å². The molecule has 1 aliphatic carbocycles. The Kier molecular flexibility index (Phi) is 15.9. The van der Waals surface area contributed by atoms with Crippen molar-refractivity contribution in [2.75, 3.05) is 26.2 Å². The first-order valence-corrected chi connectivity index (χ1v) is 23.7. The minimum atomic E-state index is -0.669. The number of halogens is 1. The molecule has 1 saturated carbocycles. The van der Waals surface area contributed by atoms with E-state index in [1.54, 1.807) is 53.8 Å². The van der Waals surface area contributed by atoms with Gasteiger partial charge in [-0.1, -0.05) is 84.3 Å². The summed E-state index contributed by atoms with van der Waals surface area (Å²) in [7, 11) is 0. The molecule has 66 heavy (non-hydrogen) atoms. The number of likely N-dealkylation sites (tertiary alicyclic amines) is 1. The van der Waals surface area contributed by atoms with E-state index >= 15 is 0 Å². The number of nitrogens with zero attached hydrogens (tertiary/aromatic N) is 2. The van der Waals surface area contributed by atoms with Crippen LogP contribution in [0.3, 0.4) is 0 Å². The molecule has 352 valence electrons. The Morgan fingerprint density at radius 1 is 0.955 bits per heavy atom. The van der Waals surface area contributed by atoms with E-state index in [4.69, 9.17) is 21.1 Å². The second-order valence-corrected chi connectivity index (χ2v) is 21.1. The zero-order valence-corrected chi connectivity index (χ0v) is 40.7. The Balaban J connectivity index is 0.897. The van der Waals surface area contributed by atoms with Crippen LogP contribution in [0.15, 0.2) is 78.2 Å². The summed E-state index contributed by atoms with van der Waals surface area (Å²) in [4.78, 5) is 55.8. The van der Waals surface area contributed by atoms with E-state index in [1.165, 1.54) is 10.4 Å². The number of amides is 4. The molecule has 1 aromatic heterocycles. The first-order chi connectivity index (χ1) is 31.2. The lowest BCUT2D eigenvalue weighted by Crippen LogP contribution is -2.74. The number of ether oxygens (including phenoxy) is 2. The molecular weight excluding hydrogens is 876 g/mol. The van der Waals surface area contributed by atoms with Gasteiger partial charge in [-0.3, -0.25) is 24.1 Å². The third kappa shape index (κ3) is 12.1. The number of β-amino-alcohol motifs (C(OH)–C–C–N with tert-alkyl or cyclic N) is 1. The highest BCUT2D eigenvalue weighted by molar-refractivity contribution is 7.13. The van der Waals surface area contributed by atoms with Crippen LogP contribution in [0.1, 0.15) is 94.8 Å². The summed E-state index contributed by atoms with van der Waals surface area (Å²) in [6.07, 6.45) is -0.0453. The number of thiophene rings is 1. The van der Waals surface area contributed by atoms with E-state index < -0.39 is 23.0 Å². The van der Waals surface area contributed by atoms with Gasteiger partial charge < -0.3 is 35.8 Å². The molecule has 2 heterocycles. The van der Waals surface area contributed by atoms with Crippen molar-refractivity contribution in [2.24, 2.45) is 16.2 Å². The van der Waals surface area contributed by atoms with Crippen molar-refractivity contribution in [3.05, 3.63) is 105 Å². The standard InChI is InChI=1S/C51H63ClN6O7S/c1-31-21-23-66-44(31)33-13-11-32(12-14-33)27-55-46(63)40-24-36(59)29-58(40)30-41(49(2,3)4)56-43(61)28-54-42(60)10-9-22-64-37-18-15-34(16-19-37)45(62)57-47-50(5,6)48(51(47,7)8)65-38-20-17-35(26-53)39(52)25-38/h11-21,23,25,36,40-41,47-48,59H,9-10,22,24,27-30H2,1-8H3,(H,54,60)(H,55,63)(H,56,61)(H,57,62)/t36-,40+,41?,47?,48?/m1/s1. The van der Waals surface area contributed by atoms with Crippen LogP contribution < -0.4 is 30.7 Å². The number of nitrogens with one attached hydrogen (secondary N) is 4. The largest absolute Gasteiger partial charge is 0.494 e. The summed E-state index contributed by atoms with van der Waals surface area (Å²) < 4.78 is 12.2. The van der Waals surface area contributed by atoms with E-state index in [9.17, 15) is 29.5 Å². The Morgan fingerprint density at radius 2 is 1.64 bits per heavy atom. The van der Waals surface area contributed by atoms with Gasteiger partial charge in [0, 0.05) is 65.5 Å². The van der Waals surface area contributed by atoms with E-state index in [-0.39, 0.29) is 66.8 Å². The molecule has 3 aromatic carbocycles. The molecule has 4 amide bonds. The predicted octanol–water partition coefficient (Wildman–Crippen LogP) is 7.42. The van der Waals surface area contributed by atoms with Crippen molar-refractivity contribution in [2.45, 2.75) is 112 Å². The number of rotatable bonds is 18. The molecule has 1 unspecified atom stereocenters. The highest BCUT2D eigenvalue weighted by Gasteiger charge is 2.64. The van der Waals surface area contributed by atoms with Crippen molar-refractivity contribution in [1.82, 2.24) is 26.2 Å². The number of aliphatic hydroxyl groups is 1. The van der Waals surface area contributed by atoms with E-state index in [0.29, 0.717) is 60.1 Å². The topological polar surface area (TPSA) is 182 Å². The molecule has 6 rings (SSSR count). The fourth-order valence-electron chi connectivity index (χ4n) is 9.32. The van der Waals surface area contributed by atoms with Crippen molar-refractivity contribution >= 4 is 46.6 Å². The van der Waals surface area contributed by atoms with Gasteiger partial charge in [0.25, 0.3) is 5.91 Å². The van der Waals surface area contributed by atoms with Gasteiger partial charge in [0.1, 0.15) is 23.7 Å². The molecule has 4 aromatic rings. The van der Waals surface area contributed by atoms with Gasteiger partial charge >= 0.3 is 0 Å². The highest BCUT2D eigenvalue weighted by atomic mass is 35.5. The number of aliphatic hydroxyl groups excluding tert-OH is 1. The maximum Gasteiger partial charge on any atom is 0.251 e. The average molecular weight is 940 g/mol. The number of benzene rings is 3. The van der Waals surface area contributed by atoms with E-state index in [2.05, 4.69) is 57.8 Å². The molecule has 0 spiro atoms. The van der Waals surface area contributed by atoms with Gasteiger partial charge in [-0.2, -0.15) is 5.26 Å². The molecule has 2 aliphatic rings. The number of nitriles is 1. The van der Waals surface area contributed by atoms with Gasteiger partial charge in [0.05, 0.1) is 35.9 Å². The zero-order chi connectivity index (χ0) is 48.0. The van der Waals surface area contributed by atoms with Crippen LogP contribution in [0.2, 0.25) is 5.02 Å². The lowest BCUT2D eigenvalue weighted by Gasteiger charge is -2.63. The SMILES string of the molecule is Cc1ccsc1-c1ccc(CNC(=O)[C@@H]2C[C@@H](O)CN2CC(NC(=O)CNC(=O)CCCOc2ccc(C(=O)NC3C(C)(C)C(Oc4ccc(C#N)c(Cl)c4)C3(C)C)cc2)C(C)(C)C)cc1.